The van der Waals surface area contributed by atoms with E-state index in [0.717, 1.165) is 22.6 Å². The Hall–Kier alpha value is -2.76. The van der Waals surface area contributed by atoms with Gasteiger partial charge in [-0.25, -0.2) is 9.52 Å². The molecule has 1 atom stereocenters. The number of nitrogens with zero attached hydrogens (tertiary/aromatic N) is 1. The fourth-order valence-corrected chi connectivity index (χ4v) is 4.75. The topological polar surface area (TPSA) is 41.6 Å². The van der Waals surface area contributed by atoms with Gasteiger partial charge in [-0.05, 0) is 66.2 Å². The molecule has 0 spiro atoms. The molecule has 0 aliphatic carbocycles. The molecule has 0 saturated carbocycles. The predicted octanol–water partition coefficient (Wildman–Crippen LogP) is 5.11. The second kappa shape index (κ2) is 7.34. The Labute approximate surface area is 168 Å². The lowest BCUT2D eigenvalue weighted by Crippen LogP contribution is -2.41. The normalized spacial score (nSPS) is 17.7. The highest BCUT2D eigenvalue weighted by molar-refractivity contribution is 7.97. The summed E-state index contributed by atoms with van der Waals surface area (Å²) in [5.41, 5.74) is 3.97. The molecule has 0 radical (unpaired) electrons. The minimum absolute atomic E-state index is 0.340. The first kappa shape index (κ1) is 17.3. The maximum atomic E-state index is 12.6. The standard InChI is InChI=1S/C23H20N2O2S/c26-23(18-10-8-17(9-11-18)16-5-2-1-3-6-16)27-19-12-13-20-21(15-19)28-24-22-7-4-14-25(20)22/h1-3,5-6,8-13,15,22,24H,4,7,14H2. The lowest BCUT2D eigenvalue weighted by Gasteiger charge is -2.33. The zero-order valence-electron chi connectivity index (χ0n) is 15.3. The van der Waals surface area contributed by atoms with E-state index in [1.807, 2.05) is 54.6 Å². The first-order chi connectivity index (χ1) is 13.8. The number of carbonyl (C=O) groups excluding carboxylic acids is 1. The van der Waals surface area contributed by atoms with Gasteiger partial charge in [-0.1, -0.05) is 42.5 Å². The molecule has 0 bridgehead atoms. The van der Waals surface area contributed by atoms with Crippen LogP contribution < -0.4 is 14.4 Å². The van der Waals surface area contributed by atoms with Crippen molar-refractivity contribution in [1.82, 2.24) is 4.72 Å². The predicted molar refractivity (Wildman–Crippen MR) is 113 cm³/mol. The summed E-state index contributed by atoms with van der Waals surface area (Å²) in [6.07, 6.45) is 2.78. The van der Waals surface area contributed by atoms with Gasteiger partial charge in [0.2, 0.25) is 0 Å². The van der Waals surface area contributed by atoms with Gasteiger partial charge in [0.05, 0.1) is 17.4 Å². The summed E-state index contributed by atoms with van der Waals surface area (Å²) in [4.78, 5) is 16.0. The van der Waals surface area contributed by atoms with Gasteiger partial charge in [-0.3, -0.25) is 0 Å². The Morgan fingerprint density at radius 2 is 1.79 bits per heavy atom. The molecule has 1 fully saturated rings. The molecule has 28 heavy (non-hydrogen) atoms. The van der Waals surface area contributed by atoms with E-state index >= 15 is 0 Å². The molecule has 1 unspecified atom stereocenters. The molecule has 0 aromatic heterocycles. The lowest BCUT2D eigenvalue weighted by molar-refractivity contribution is 0.0734. The molecular weight excluding hydrogens is 368 g/mol. The quantitative estimate of drug-likeness (QED) is 0.384. The monoisotopic (exact) mass is 388 g/mol. The summed E-state index contributed by atoms with van der Waals surface area (Å²) in [5, 5.41) is 0. The third-order valence-corrected chi connectivity index (χ3v) is 6.17. The third kappa shape index (κ3) is 3.28. The average Bonchev–Trinajstić information content (AvgIpc) is 3.23. The van der Waals surface area contributed by atoms with Crippen molar-refractivity contribution in [3.63, 3.8) is 0 Å². The molecule has 2 heterocycles. The first-order valence-corrected chi connectivity index (χ1v) is 10.3. The van der Waals surface area contributed by atoms with E-state index in [4.69, 9.17) is 4.74 Å². The third-order valence-electron chi connectivity index (χ3n) is 5.24. The molecule has 2 aliphatic heterocycles. The zero-order chi connectivity index (χ0) is 18.9. The van der Waals surface area contributed by atoms with Crippen LogP contribution >= 0.6 is 11.9 Å². The Bertz CT molecular complexity index is 1000. The van der Waals surface area contributed by atoms with Gasteiger partial charge in [-0.2, -0.15) is 0 Å². The number of hydrogen-bond donors (Lipinski definition) is 1. The van der Waals surface area contributed by atoms with E-state index < -0.39 is 0 Å². The molecule has 4 nitrogen and oxygen atoms in total. The van der Waals surface area contributed by atoms with Crippen LogP contribution in [-0.2, 0) is 0 Å². The second-order valence-corrected chi connectivity index (χ2v) is 7.91. The lowest BCUT2D eigenvalue weighted by atomic mass is 10.0. The van der Waals surface area contributed by atoms with Crippen LogP contribution in [0.1, 0.15) is 23.2 Å². The van der Waals surface area contributed by atoms with Crippen LogP contribution in [0.5, 0.6) is 5.75 Å². The first-order valence-electron chi connectivity index (χ1n) is 9.49. The van der Waals surface area contributed by atoms with E-state index in [0.29, 0.717) is 17.5 Å². The summed E-state index contributed by atoms with van der Waals surface area (Å²) >= 11 is 1.62. The summed E-state index contributed by atoms with van der Waals surface area (Å²) in [7, 11) is 0. The molecule has 5 rings (SSSR count). The largest absolute Gasteiger partial charge is 0.423 e. The number of ether oxygens (including phenoxy) is 1. The molecule has 3 aromatic carbocycles. The highest BCUT2D eigenvalue weighted by Crippen LogP contribution is 2.40. The Kier molecular flexibility index (Phi) is 4.55. The minimum atomic E-state index is -0.340. The highest BCUT2D eigenvalue weighted by atomic mass is 32.2. The maximum Gasteiger partial charge on any atom is 0.343 e. The number of esters is 1. The van der Waals surface area contributed by atoms with E-state index in [1.165, 1.54) is 18.5 Å². The number of hydrogen-bond acceptors (Lipinski definition) is 5. The van der Waals surface area contributed by atoms with Gasteiger partial charge in [0.1, 0.15) is 5.75 Å². The molecule has 2 aliphatic rings. The Balaban J connectivity index is 1.32. The van der Waals surface area contributed by atoms with Crippen LogP contribution in [0.2, 0.25) is 0 Å². The molecule has 1 saturated heterocycles. The van der Waals surface area contributed by atoms with E-state index in [9.17, 15) is 4.79 Å². The van der Waals surface area contributed by atoms with Gasteiger partial charge < -0.3 is 9.64 Å². The Morgan fingerprint density at radius 3 is 2.61 bits per heavy atom. The number of fused-ring (bicyclic) bond motifs is 3. The summed E-state index contributed by atoms with van der Waals surface area (Å²) in [5.74, 6) is 0.232. The second-order valence-electron chi connectivity index (χ2n) is 7.03. The van der Waals surface area contributed by atoms with Crippen molar-refractivity contribution in [2.75, 3.05) is 11.4 Å². The number of benzene rings is 3. The maximum absolute atomic E-state index is 12.6. The SMILES string of the molecule is O=C(Oc1ccc2c(c1)SNC1CCCN21)c1ccc(-c2ccccc2)cc1. The van der Waals surface area contributed by atoms with Gasteiger partial charge >= 0.3 is 5.97 Å². The average molecular weight is 388 g/mol. The fourth-order valence-electron chi connectivity index (χ4n) is 3.78. The number of carbonyl (C=O) groups is 1. The zero-order valence-corrected chi connectivity index (χ0v) is 16.1. The van der Waals surface area contributed by atoms with Crippen molar-refractivity contribution in [3.8, 4) is 16.9 Å². The number of nitrogens with one attached hydrogen (secondary N) is 1. The highest BCUT2D eigenvalue weighted by Gasteiger charge is 2.30. The van der Waals surface area contributed by atoms with E-state index in [-0.39, 0.29) is 5.97 Å². The van der Waals surface area contributed by atoms with Crippen LogP contribution in [0, 0.1) is 0 Å². The van der Waals surface area contributed by atoms with Crippen LogP contribution in [0.3, 0.4) is 0 Å². The van der Waals surface area contributed by atoms with Crippen molar-refractivity contribution in [1.29, 1.82) is 0 Å². The molecule has 0 amide bonds. The van der Waals surface area contributed by atoms with Crippen molar-refractivity contribution < 1.29 is 9.53 Å². The van der Waals surface area contributed by atoms with Crippen LogP contribution in [-0.4, -0.2) is 18.7 Å². The molecule has 3 aromatic rings. The van der Waals surface area contributed by atoms with Gasteiger partial charge in [-0.15, -0.1) is 0 Å². The van der Waals surface area contributed by atoms with Crippen molar-refractivity contribution in [2.24, 2.45) is 0 Å². The van der Waals surface area contributed by atoms with Crippen LogP contribution in [0.15, 0.2) is 77.7 Å². The smallest absolute Gasteiger partial charge is 0.343 e. The summed E-state index contributed by atoms with van der Waals surface area (Å²) < 4.78 is 9.10. The summed E-state index contributed by atoms with van der Waals surface area (Å²) in [6.45, 7) is 1.07. The Morgan fingerprint density at radius 1 is 1.00 bits per heavy atom. The molecule has 140 valence electrons. The number of rotatable bonds is 3. The van der Waals surface area contributed by atoms with E-state index in [2.05, 4.69) is 27.8 Å². The van der Waals surface area contributed by atoms with Gasteiger partial charge in [0.15, 0.2) is 0 Å². The molecular formula is C23H20N2O2S. The van der Waals surface area contributed by atoms with Crippen LogP contribution in [0.4, 0.5) is 5.69 Å². The van der Waals surface area contributed by atoms with Crippen molar-refractivity contribution >= 4 is 23.6 Å². The minimum Gasteiger partial charge on any atom is -0.423 e. The van der Waals surface area contributed by atoms with Gasteiger partial charge in [0, 0.05) is 11.4 Å². The summed E-state index contributed by atoms with van der Waals surface area (Å²) in [6, 6.07) is 23.5. The molecule has 5 heteroatoms. The molecule has 1 N–H and O–H groups in total. The van der Waals surface area contributed by atoms with Crippen molar-refractivity contribution in [2.45, 2.75) is 23.9 Å². The fraction of sp³-hybridized carbons (Fsp3) is 0.174. The van der Waals surface area contributed by atoms with Gasteiger partial charge in [0.25, 0.3) is 0 Å². The van der Waals surface area contributed by atoms with Crippen LogP contribution in [0.25, 0.3) is 11.1 Å². The van der Waals surface area contributed by atoms with E-state index in [1.54, 1.807) is 11.9 Å². The van der Waals surface area contributed by atoms with Crippen molar-refractivity contribution in [3.05, 3.63) is 78.4 Å². The number of anilines is 1.